The van der Waals surface area contributed by atoms with Crippen LogP contribution in [0.4, 0.5) is 0 Å². The summed E-state index contributed by atoms with van der Waals surface area (Å²) in [6.45, 7) is 0.611. The van der Waals surface area contributed by atoms with Crippen molar-refractivity contribution < 1.29 is 13.5 Å². The molecule has 1 aliphatic carbocycles. The summed E-state index contributed by atoms with van der Waals surface area (Å²) < 4.78 is 28.9. The minimum atomic E-state index is -3.56. The first-order valence-corrected chi connectivity index (χ1v) is 12.2. The predicted octanol–water partition coefficient (Wildman–Crippen LogP) is 4.46. The smallest absolute Gasteiger partial charge is 0.240 e. The minimum absolute atomic E-state index is 0.0393. The lowest BCUT2D eigenvalue weighted by atomic mass is 9.80. The molecule has 2 N–H and O–H groups in total. The Morgan fingerprint density at radius 1 is 0.867 bits per heavy atom. The first kappa shape index (κ1) is 21.0. The van der Waals surface area contributed by atoms with E-state index in [1.165, 1.54) is 5.56 Å². The number of fused-ring (bicyclic) bond motifs is 1. The number of aliphatic hydroxyl groups excluding tert-OH is 1. The third-order valence-corrected chi connectivity index (χ3v) is 7.73. The van der Waals surface area contributed by atoms with Crippen molar-refractivity contribution in [2.45, 2.75) is 43.4 Å². The molecule has 0 aliphatic heterocycles. The zero-order chi connectivity index (χ0) is 21.0. The molecule has 3 aromatic carbocycles. The molecule has 5 heteroatoms. The summed E-state index contributed by atoms with van der Waals surface area (Å²) in [6.07, 6.45) is 5.88. The van der Waals surface area contributed by atoms with E-state index in [1.807, 2.05) is 30.3 Å². The van der Waals surface area contributed by atoms with E-state index in [9.17, 15) is 8.42 Å². The zero-order valence-corrected chi connectivity index (χ0v) is 18.0. The lowest BCUT2D eigenvalue weighted by Gasteiger charge is -2.29. The van der Waals surface area contributed by atoms with E-state index in [0.717, 1.165) is 48.4 Å². The Bertz CT molecular complexity index is 1100. The van der Waals surface area contributed by atoms with Crippen molar-refractivity contribution in [3.05, 3.63) is 77.9 Å². The molecule has 0 saturated heterocycles. The lowest BCUT2D eigenvalue weighted by Crippen LogP contribution is -2.37. The number of rotatable bonds is 8. The van der Waals surface area contributed by atoms with Gasteiger partial charge < -0.3 is 5.11 Å². The van der Waals surface area contributed by atoms with Gasteiger partial charge in [0.1, 0.15) is 0 Å². The van der Waals surface area contributed by atoms with E-state index in [0.29, 0.717) is 17.9 Å². The number of nitrogens with one attached hydrogen (secondary N) is 1. The summed E-state index contributed by atoms with van der Waals surface area (Å²) in [5, 5.41) is 11.1. The average Bonchev–Trinajstić information content (AvgIpc) is 3.22. The number of hydrogen-bond acceptors (Lipinski definition) is 3. The molecule has 0 bridgehead atoms. The second-order valence-electron chi connectivity index (χ2n) is 8.51. The Morgan fingerprint density at radius 3 is 2.23 bits per heavy atom. The molecular weight excluding hydrogens is 394 g/mol. The van der Waals surface area contributed by atoms with E-state index in [4.69, 9.17) is 5.11 Å². The van der Waals surface area contributed by atoms with Gasteiger partial charge in [-0.25, -0.2) is 13.1 Å². The molecule has 0 unspecified atom stereocenters. The molecule has 1 fully saturated rings. The van der Waals surface area contributed by atoms with Gasteiger partial charge in [-0.2, -0.15) is 0 Å². The van der Waals surface area contributed by atoms with Crippen molar-refractivity contribution in [2.24, 2.45) is 5.41 Å². The van der Waals surface area contributed by atoms with Crippen molar-refractivity contribution in [2.75, 3.05) is 13.2 Å². The fourth-order valence-electron chi connectivity index (χ4n) is 4.59. The van der Waals surface area contributed by atoms with Gasteiger partial charge in [-0.05, 0) is 65.1 Å². The Labute approximate surface area is 179 Å². The first-order valence-electron chi connectivity index (χ1n) is 10.7. The molecule has 0 amide bonds. The van der Waals surface area contributed by atoms with Crippen LogP contribution in [0.3, 0.4) is 0 Å². The van der Waals surface area contributed by atoms with Gasteiger partial charge in [0, 0.05) is 13.2 Å². The molecule has 0 spiro atoms. The molecular formula is C25H29NO3S. The van der Waals surface area contributed by atoms with Crippen molar-refractivity contribution >= 4 is 20.8 Å². The normalized spacial score (nSPS) is 16.2. The van der Waals surface area contributed by atoms with Crippen LogP contribution in [0.15, 0.2) is 71.6 Å². The molecule has 30 heavy (non-hydrogen) atoms. The molecule has 4 nitrogen and oxygen atoms in total. The Hall–Kier alpha value is -2.21. The first-order chi connectivity index (χ1) is 14.5. The van der Waals surface area contributed by atoms with Gasteiger partial charge in [0.05, 0.1) is 4.90 Å². The third kappa shape index (κ3) is 4.75. The highest BCUT2D eigenvalue weighted by Gasteiger charge is 2.35. The molecule has 1 saturated carbocycles. The summed E-state index contributed by atoms with van der Waals surface area (Å²) in [6, 6.07) is 21.5. The van der Waals surface area contributed by atoms with Crippen LogP contribution in [0, 0.1) is 5.41 Å². The van der Waals surface area contributed by atoms with Crippen LogP contribution in [0.25, 0.3) is 10.8 Å². The molecule has 0 aromatic heterocycles. The Morgan fingerprint density at radius 2 is 1.53 bits per heavy atom. The highest BCUT2D eigenvalue weighted by Crippen LogP contribution is 2.41. The SMILES string of the molecule is O=S(=O)(NCC1(Cc2ccc(CCO)cc2)CCCC1)c1ccc2ccccc2c1. The van der Waals surface area contributed by atoms with E-state index in [2.05, 4.69) is 29.0 Å². The minimum Gasteiger partial charge on any atom is -0.396 e. The molecule has 0 heterocycles. The quantitative estimate of drug-likeness (QED) is 0.562. The monoisotopic (exact) mass is 423 g/mol. The number of hydrogen-bond donors (Lipinski definition) is 2. The molecule has 0 atom stereocenters. The summed E-state index contributed by atoms with van der Waals surface area (Å²) in [4.78, 5) is 0.322. The summed E-state index contributed by atoms with van der Waals surface area (Å²) in [5.74, 6) is 0. The molecule has 1 aliphatic rings. The fourth-order valence-corrected chi connectivity index (χ4v) is 5.79. The van der Waals surface area contributed by atoms with Crippen molar-refractivity contribution in [1.82, 2.24) is 4.72 Å². The largest absolute Gasteiger partial charge is 0.396 e. The van der Waals surface area contributed by atoms with Crippen LogP contribution in [0.5, 0.6) is 0 Å². The third-order valence-electron chi connectivity index (χ3n) is 6.34. The number of sulfonamides is 1. The van der Waals surface area contributed by atoms with Gasteiger partial charge in [-0.3, -0.25) is 0 Å². The molecule has 3 aromatic rings. The highest BCUT2D eigenvalue weighted by molar-refractivity contribution is 7.89. The maximum atomic E-state index is 13.0. The van der Waals surface area contributed by atoms with Gasteiger partial charge in [0.15, 0.2) is 0 Å². The molecule has 158 valence electrons. The average molecular weight is 424 g/mol. The number of benzene rings is 3. The Kier molecular flexibility index (Phi) is 6.23. The summed E-state index contributed by atoms with van der Waals surface area (Å²) in [7, 11) is -3.56. The van der Waals surface area contributed by atoms with E-state index >= 15 is 0 Å². The maximum Gasteiger partial charge on any atom is 0.240 e. The standard InChI is InChI=1S/C25H29NO3S/c27-16-13-20-7-9-21(10-8-20)18-25(14-3-4-15-25)19-26-30(28,29)24-12-11-22-5-1-2-6-23(22)17-24/h1-2,5-12,17,26-27H,3-4,13-16,18-19H2. The van der Waals surface area contributed by atoms with Crippen molar-refractivity contribution in [1.29, 1.82) is 0 Å². The van der Waals surface area contributed by atoms with Crippen molar-refractivity contribution in [3.8, 4) is 0 Å². The van der Waals surface area contributed by atoms with Crippen LogP contribution in [-0.2, 0) is 22.9 Å². The van der Waals surface area contributed by atoms with E-state index in [-0.39, 0.29) is 12.0 Å². The maximum absolute atomic E-state index is 13.0. The summed E-state index contributed by atoms with van der Waals surface area (Å²) in [5.41, 5.74) is 2.31. The molecule has 4 rings (SSSR count). The second kappa shape index (κ2) is 8.88. The van der Waals surface area contributed by atoms with E-state index in [1.54, 1.807) is 12.1 Å². The van der Waals surface area contributed by atoms with Gasteiger partial charge in [0.25, 0.3) is 0 Å². The van der Waals surface area contributed by atoms with Gasteiger partial charge in [0.2, 0.25) is 10.0 Å². The van der Waals surface area contributed by atoms with Gasteiger partial charge in [-0.1, -0.05) is 67.4 Å². The fraction of sp³-hybridized carbons (Fsp3) is 0.360. The summed E-state index contributed by atoms with van der Waals surface area (Å²) >= 11 is 0. The van der Waals surface area contributed by atoms with E-state index < -0.39 is 10.0 Å². The van der Waals surface area contributed by atoms with Crippen LogP contribution < -0.4 is 4.72 Å². The lowest BCUT2D eigenvalue weighted by molar-refractivity contribution is 0.294. The van der Waals surface area contributed by atoms with Gasteiger partial charge in [-0.15, -0.1) is 0 Å². The second-order valence-corrected chi connectivity index (χ2v) is 10.3. The van der Waals surface area contributed by atoms with Crippen molar-refractivity contribution in [3.63, 3.8) is 0 Å². The van der Waals surface area contributed by atoms with Crippen LogP contribution >= 0.6 is 0 Å². The molecule has 0 radical (unpaired) electrons. The van der Waals surface area contributed by atoms with Gasteiger partial charge >= 0.3 is 0 Å². The Balaban J connectivity index is 1.49. The van der Waals surface area contributed by atoms with Crippen LogP contribution in [0.1, 0.15) is 36.8 Å². The van der Waals surface area contributed by atoms with Crippen LogP contribution in [-0.4, -0.2) is 26.7 Å². The highest BCUT2D eigenvalue weighted by atomic mass is 32.2. The topological polar surface area (TPSA) is 66.4 Å². The van der Waals surface area contributed by atoms with Crippen LogP contribution in [0.2, 0.25) is 0 Å². The predicted molar refractivity (Wildman–Crippen MR) is 121 cm³/mol. The zero-order valence-electron chi connectivity index (χ0n) is 17.2. The number of aliphatic hydroxyl groups is 1.